The SMILES string of the molecule is Nc1cccc2c(N=Nc3ccc([N+](=O)[O-])cc3S(=O)(=O)[O-])ccc(N)c12.[Na+]. The van der Waals surface area contributed by atoms with E-state index in [1.54, 1.807) is 30.3 Å². The van der Waals surface area contributed by atoms with E-state index in [4.69, 9.17) is 11.5 Å². The van der Waals surface area contributed by atoms with Crippen molar-refractivity contribution in [3.63, 3.8) is 0 Å². The van der Waals surface area contributed by atoms with E-state index in [1.807, 2.05) is 0 Å². The van der Waals surface area contributed by atoms with Gasteiger partial charge in [0, 0.05) is 34.3 Å². The Balaban J connectivity index is 0.00000280. The molecule has 12 heteroatoms. The van der Waals surface area contributed by atoms with Gasteiger partial charge in [0.25, 0.3) is 5.69 Å². The molecule has 0 aliphatic heterocycles. The molecule has 0 aromatic heterocycles. The minimum absolute atomic E-state index is 0. The van der Waals surface area contributed by atoms with E-state index in [0.717, 1.165) is 12.1 Å². The average molecular weight is 409 g/mol. The second-order valence-corrected chi connectivity index (χ2v) is 6.86. The topological polar surface area (TPSA) is 177 Å². The van der Waals surface area contributed by atoms with Gasteiger partial charge < -0.3 is 16.0 Å². The molecule has 0 aliphatic rings. The number of anilines is 2. The van der Waals surface area contributed by atoms with Crippen LogP contribution in [0.15, 0.2) is 63.7 Å². The molecule has 3 aromatic carbocycles. The predicted octanol–water partition coefficient (Wildman–Crippen LogP) is 0.236. The summed E-state index contributed by atoms with van der Waals surface area (Å²) < 4.78 is 34.3. The molecule has 0 aliphatic carbocycles. The second-order valence-electron chi connectivity index (χ2n) is 5.51. The Labute approximate surface area is 181 Å². The zero-order chi connectivity index (χ0) is 19.8. The van der Waals surface area contributed by atoms with Crippen LogP contribution in [-0.2, 0) is 10.1 Å². The van der Waals surface area contributed by atoms with Crippen molar-refractivity contribution >= 4 is 49.3 Å². The number of azo groups is 1. The van der Waals surface area contributed by atoms with Crippen LogP contribution in [0.3, 0.4) is 0 Å². The van der Waals surface area contributed by atoms with Crippen molar-refractivity contribution in [3.05, 3.63) is 58.6 Å². The van der Waals surface area contributed by atoms with Gasteiger partial charge in [0.1, 0.15) is 15.8 Å². The normalized spacial score (nSPS) is 11.5. The Morgan fingerprint density at radius 2 is 1.54 bits per heavy atom. The number of nitrogens with two attached hydrogens (primary N) is 2. The monoisotopic (exact) mass is 409 g/mol. The van der Waals surface area contributed by atoms with Crippen molar-refractivity contribution in [3.8, 4) is 0 Å². The standard InChI is InChI=1S/C16H13N5O5S.Na/c17-11-3-1-2-10-13(7-5-12(18)16(10)11)19-20-14-6-4-9(21(22)23)8-15(14)27(24,25)26;/h1-8H,17-18H2,(H,24,25,26);/q;+1/p-1. The fourth-order valence-corrected chi connectivity index (χ4v) is 3.17. The third-order valence-corrected chi connectivity index (χ3v) is 4.64. The Kier molecular flexibility index (Phi) is 6.37. The third-order valence-electron chi connectivity index (χ3n) is 3.77. The summed E-state index contributed by atoms with van der Waals surface area (Å²) in [5.74, 6) is 0. The van der Waals surface area contributed by atoms with Crippen molar-refractivity contribution in [1.82, 2.24) is 0 Å². The number of fused-ring (bicyclic) bond motifs is 1. The van der Waals surface area contributed by atoms with E-state index in [1.165, 1.54) is 0 Å². The summed E-state index contributed by atoms with van der Waals surface area (Å²) in [5, 5.41) is 19.7. The molecule has 28 heavy (non-hydrogen) atoms. The molecule has 0 spiro atoms. The molecule has 10 nitrogen and oxygen atoms in total. The smallest absolute Gasteiger partial charge is 0.744 e. The van der Waals surface area contributed by atoms with Crippen LogP contribution in [0.4, 0.5) is 28.4 Å². The summed E-state index contributed by atoms with van der Waals surface area (Å²) in [5.41, 5.74) is 12.2. The molecule has 0 saturated carbocycles. The summed E-state index contributed by atoms with van der Waals surface area (Å²) in [6.45, 7) is 0. The van der Waals surface area contributed by atoms with Crippen molar-refractivity contribution in [2.45, 2.75) is 4.90 Å². The number of non-ortho nitro benzene ring substituents is 1. The molecule has 0 heterocycles. The van der Waals surface area contributed by atoms with Gasteiger partial charge in [0.05, 0.1) is 15.5 Å². The third kappa shape index (κ3) is 4.29. The van der Waals surface area contributed by atoms with Gasteiger partial charge in [0.15, 0.2) is 0 Å². The molecule has 0 amide bonds. The average Bonchev–Trinajstić information content (AvgIpc) is 2.60. The molecule has 138 valence electrons. The van der Waals surface area contributed by atoms with Crippen molar-refractivity contribution in [2.24, 2.45) is 10.2 Å². The van der Waals surface area contributed by atoms with E-state index >= 15 is 0 Å². The molecule has 0 fully saturated rings. The van der Waals surface area contributed by atoms with Gasteiger partial charge in [-0.15, -0.1) is 10.2 Å². The van der Waals surface area contributed by atoms with Crippen LogP contribution in [0, 0.1) is 10.1 Å². The molecular weight excluding hydrogens is 397 g/mol. The first-order valence-electron chi connectivity index (χ1n) is 7.41. The van der Waals surface area contributed by atoms with E-state index in [-0.39, 0.29) is 35.2 Å². The fourth-order valence-electron chi connectivity index (χ4n) is 2.54. The van der Waals surface area contributed by atoms with Crippen LogP contribution < -0.4 is 41.0 Å². The zero-order valence-electron chi connectivity index (χ0n) is 14.6. The van der Waals surface area contributed by atoms with Gasteiger partial charge in [-0.25, -0.2) is 8.42 Å². The number of hydrogen-bond donors (Lipinski definition) is 2. The minimum Gasteiger partial charge on any atom is -0.744 e. The second kappa shape index (κ2) is 8.20. The molecule has 3 aromatic rings. The Bertz CT molecular complexity index is 1210. The Hall–Kier alpha value is -2.57. The summed E-state index contributed by atoms with van der Waals surface area (Å²) in [4.78, 5) is 9.16. The van der Waals surface area contributed by atoms with Gasteiger partial charge in [-0.05, 0) is 24.3 Å². The number of hydrogen-bond acceptors (Lipinski definition) is 9. The van der Waals surface area contributed by atoms with Crippen molar-refractivity contribution in [1.29, 1.82) is 0 Å². The molecule has 0 unspecified atom stereocenters. The molecule has 0 radical (unpaired) electrons. The minimum atomic E-state index is -5.00. The van der Waals surface area contributed by atoms with E-state index in [0.29, 0.717) is 33.9 Å². The Morgan fingerprint density at radius 1 is 0.929 bits per heavy atom. The number of nitrogen functional groups attached to an aromatic ring is 2. The molecule has 0 saturated heterocycles. The number of benzene rings is 3. The van der Waals surface area contributed by atoms with Crippen LogP contribution in [0.2, 0.25) is 0 Å². The van der Waals surface area contributed by atoms with Crippen LogP contribution in [0.1, 0.15) is 0 Å². The molecule has 0 bridgehead atoms. The van der Waals surface area contributed by atoms with Crippen molar-refractivity contribution < 1.29 is 47.5 Å². The molecule has 3 rings (SSSR count). The summed E-state index contributed by atoms with van der Waals surface area (Å²) in [7, 11) is -5.00. The first-order valence-corrected chi connectivity index (χ1v) is 8.82. The zero-order valence-corrected chi connectivity index (χ0v) is 17.4. The largest absolute Gasteiger partial charge is 1.00 e. The van der Waals surface area contributed by atoms with Gasteiger partial charge >= 0.3 is 29.6 Å². The summed E-state index contributed by atoms with van der Waals surface area (Å²) in [6, 6.07) is 10.9. The maximum Gasteiger partial charge on any atom is 1.00 e. The van der Waals surface area contributed by atoms with E-state index in [9.17, 15) is 23.1 Å². The predicted molar refractivity (Wildman–Crippen MR) is 98.0 cm³/mol. The van der Waals surface area contributed by atoms with Gasteiger partial charge in [-0.1, -0.05) is 12.1 Å². The van der Waals surface area contributed by atoms with Crippen LogP contribution in [-0.4, -0.2) is 17.9 Å². The summed E-state index contributed by atoms with van der Waals surface area (Å²) >= 11 is 0. The van der Waals surface area contributed by atoms with Gasteiger partial charge in [0.2, 0.25) is 0 Å². The Morgan fingerprint density at radius 3 is 2.18 bits per heavy atom. The maximum atomic E-state index is 11.4. The number of nitrogens with zero attached hydrogens (tertiary/aromatic N) is 3. The van der Waals surface area contributed by atoms with Crippen LogP contribution >= 0.6 is 0 Å². The first-order chi connectivity index (χ1) is 12.7. The quantitative estimate of drug-likeness (QED) is 0.155. The number of nitro groups is 1. The van der Waals surface area contributed by atoms with E-state index < -0.39 is 25.6 Å². The van der Waals surface area contributed by atoms with Gasteiger partial charge in [-0.3, -0.25) is 10.1 Å². The van der Waals surface area contributed by atoms with Crippen molar-refractivity contribution in [2.75, 3.05) is 11.5 Å². The molecule has 4 N–H and O–H groups in total. The van der Waals surface area contributed by atoms with E-state index in [2.05, 4.69) is 10.2 Å². The maximum absolute atomic E-state index is 11.4. The van der Waals surface area contributed by atoms with Gasteiger partial charge in [-0.2, -0.15) is 0 Å². The summed E-state index contributed by atoms with van der Waals surface area (Å²) in [6.07, 6.45) is 0. The van der Waals surface area contributed by atoms with Crippen LogP contribution in [0.5, 0.6) is 0 Å². The number of rotatable bonds is 4. The first kappa shape index (κ1) is 21.7. The molecular formula is C16H12N5NaO5S. The van der Waals surface area contributed by atoms with Crippen LogP contribution in [0.25, 0.3) is 10.8 Å². The number of nitro benzene ring substituents is 1. The molecule has 0 atom stereocenters. The fraction of sp³-hybridized carbons (Fsp3) is 0.